The van der Waals surface area contributed by atoms with Gasteiger partial charge in [-0.15, -0.1) is 0 Å². The first-order valence-electron chi connectivity index (χ1n) is 9.58. The molecule has 0 aliphatic carbocycles. The summed E-state index contributed by atoms with van der Waals surface area (Å²) in [5.41, 5.74) is 3.79. The Kier molecular flexibility index (Phi) is 5.16. The Morgan fingerprint density at radius 2 is 1.90 bits per heavy atom. The van der Waals surface area contributed by atoms with Crippen molar-refractivity contribution in [2.75, 3.05) is 26.6 Å². The van der Waals surface area contributed by atoms with Gasteiger partial charge in [0.25, 0.3) is 0 Å². The molecule has 0 fully saturated rings. The van der Waals surface area contributed by atoms with Crippen molar-refractivity contribution in [3.63, 3.8) is 0 Å². The zero-order valence-electron chi connectivity index (χ0n) is 17.1. The molecular formula is C23H24N4O2. The van der Waals surface area contributed by atoms with Crippen molar-refractivity contribution in [2.24, 2.45) is 4.99 Å². The van der Waals surface area contributed by atoms with E-state index in [0.717, 1.165) is 51.3 Å². The van der Waals surface area contributed by atoms with Crippen LogP contribution in [0.4, 0.5) is 5.82 Å². The molecular weight excluding hydrogens is 364 g/mol. The summed E-state index contributed by atoms with van der Waals surface area (Å²) in [5, 5.41) is 4.15. The Morgan fingerprint density at radius 3 is 2.59 bits per heavy atom. The summed E-state index contributed by atoms with van der Waals surface area (Å²) in [7, 11) is 5.20. The third-order valence-corrected chi connectivity index (χ3v) is 5.06. The fourth-order valence-electron chi connectivity index (χ4n) is 3.42. The molecule has 0 radical (unpaired) electrons. The Hall–Kier alpha value is -3.41. The molecule has 0 saturated carbocycles. The quantitative estimate of drug-likeness (QED) is 0.692. The van der Waals surface area contributed by atoms with E-state index in [2.05, 4.69) is 29.4 Å². The monoisotopic (exact) mass is 388 g/mol. The Labute approximate surface area is 170 Å². The van der Waals surface area contributed by atoms with Crippen molar-refractivity contribution in [3.05, 3.63) is 48.3 Å². The van der Waals surface area contributed by atoms with Gasteiger partial charge < -0.3 is 14.8 Å². The maximum Gasteiger partial charge on any atom is 0.163 e. The Bertz CT molecular complexity index is 1120. The first kappa shape index (κ1) is 18.9. The predicted octanol–water partition coefficient (Wildman–Crippen LogP) is 4.60. The summed E-state index contributed by atoms with van der Waals surface area (Å²) in [5.74, 6) is 3.02. The molecule has 2 aromatic carbocycles. The highest BCUT2D eigenvalue weighted by Gasteiger charge is 2.15. The molecule has 1 N–H and O–H groups in total. The number of benzene rings is 2. The van der Waals surface area contributed by atoms with Crippen LogP contribution in [0.1, 0.15) is 19.2 Å². The average molecular weight is 388 g/mol. The van der Waals surface area contributed by atoms with Gasteiger partial charge in [-0.05, 0) is 49.2 Å². The number of ether oxygens (including phenoxy) is 2. The van der Waals surface area contributed by atoms with Gasteiger partial charge in [0.1, 0.15) is 17.3 Å². The first-order valence-corrected chi connectivity index (χ1v) is 9.58. The summed E-state index contributed by atoms with van der Waals surface area (Å²) in [4.78, 5) is 14.0. The van der Waals surface area contributed by atoms with Crippen LogP contribution in [0.3, 0.4) is 0 Å². The smallest absolute Gasteiger partial charge is 0.163 e. The van der Waals surface area contributed by atoms with E-state index in [1.807, 2.05) is 43.6 Å². The van der Waals surface area contributed by atoms with Crippen LogP contribution in [0.5, 0.6) is 11.5 Å². The van der Waals surface area contributed by atoms with E-state index in [4.69, 9.17) is 19.4 Å². The van der Waals surface area contributed by atoms with Crippen molar-refractivity contribution in [2.45, 2.75) is 19.4 Å². The van der Waals surface area contributed by atoms with Gasteiger partial charge in [-0.2, -0.15) is 0 Å². The van der Waals surface area contributed by atoms with E-state index in [9.17, 15) is 0 Å². The van der Waals surface area contributed by atoms with E-state index in [0.29, 0.717) is 11.9 Å². The fraction of sp³-hybridized carbons (Fsp3) is 0.261. The van der Waals surface area contributed by atoms with E-state index < -0.39 is 0 Å². The highest BCUT2D eigenvalue weighted by atomic mass is 16.5. The Balaban J connectivity index is 1.83. The number of aliphatic imine (C=N–C) groups is 1. The molecule has 4 rings (SSSR count). The average Bonchev–Trinajstić information content (AvgIpc) is 2.78. The lowest BCUT2D eigenvalue weighted by atomic mass is 10.0. The molecule has 1 aliphatic rings. The van der Waals surface area contributed by atoms with Gasteiger partial charge in [0.2, 0.25) is 0 Å². The molecule has 29 heavy (non-hydrogen) atoms. The SMILES string of the molecule is CNc1nc(C2=CCC(C)N=C2)nc2ccc(-c3cc(OC)ccc3OC)cc12. The number of hydrogen-bond donors (Lipinski definition) is 1. The van der Waals surface area contributed by atoms with E-state index >= 15 is 0 Å². The first-order chi connectivity index (χ1) is 14.1. The number of hydrogen-bond acceptors (Lipinski definition) is 6. The number of anilines is 1. The van der Waals surface area contributed by atoms with Gasteiger partial charge in [-0.3, -0.25) is 4.99 Å². The number of allylic oxidation sites excluding steroid dienone is 1. The molecule has 0 spiro atoms. The van der Waals surface area contributed by atoms with Gasteiger partial charge in [0, 0.05) is 29.8 Å². The van der Waals surface area contributed by atoms with Gasteiger partial charge in [-0.1, -0.05) is 12.1 Å². The minimum absolute atomic E-state index is 0.309. The van der Waals surface area contributed by atoms with Gasteiger partial charge >= 0.3 is 0 Å². The lowest BCUT2D eigenvalue weighted by molar-refractivity contribution is 0.404. The normalized spacial score (nSPS) is 15.9. The molecule has 0 bridgehead atoms. The van der Waals surface area contributed by atoms with Gasteiger partial charge in [0.05, 0.1) is 25.8 Å². The van der Waals surface area contributed by atoms with Crippen LogP contribution in [-0.4, -0.2) is 43.5 Å². The standard InChI is InChI=1S/C23H24N4O2/c1-14-5-6-16(13-25-14)22-26-20-9-7-15(11-19(20)23(24-2)27-22)18-12-17(28-3)8-10-21(18)29-4/h6-14H,5H2,1-4H3,(H,24,26,27). The minimum atomic E-state index is 0.309. The van der Waals surface area contributed by atoms with Crippen LogP contribution in [0.2, 0.25) is 0 Å². The van der Waals surface area contributed by atoms with E-state index in [1.54, 1.807) is 14.2 Å². The maximum absolute atomic E-state index is 5.55. The summed E-state index contributed by atoms with van der Waals surface area (Å²) in [6.45, 7) is 2.10. The third-order valence-electron chi connectivity index (χ3n) is 5.06. The van der Waals surface area contributed by atoms with E-state index in [1.165, 1.54) is 0 Å². The lowest BCUT2D eigenvalue weighted by Crippen LogP contribution is -2.07. The van der Waals surface area contributed by atoms with Crippen LogP contribution >= 0.6 is 0 Å². The summed E-state index contributed by atoms with van der Waals surface area (Å²) >= 11 is 0. The number of rotatable bonds is 5. The van der Waals surface area contributed by atoms with Crippen LogP contribution in [0, 0.1) is 0 Å². The topological polar surface area (TPSA) is 68.6 Å². The van der Waals surface area contributed by atoms with Gasteiger partial charge in [0.15, 0.2) is 5.82 Å². The number of nitrogens with one attached hydrogen (secondary N) is 1. The zero-order valence-corrected chi connectivity index (χ0v) is 17.1. The molecule has 148 valence electrons. The molecule has 1 aromatic heterocycles. The maximum atomic E-state index is 5.55. The van der Waals surface area contributed by atoms with E-state index in [-0.39, 0.29) is 0 Å². The van der Waals surface area contributed by atoms with Crippen molar-refractivity contribution >= 4 is 28.5 Å². The van der Waals surface area contributed by atoms with Crippen molar-refractivity contribution in [3.8, 4) is 22.6 Å². The molecule has 6 heteroatoms. The van der Waals surface area contributed by atoms with Gasteiger partial charge in [-0.25, -0.2) is 9.97 Å². The third kappa shape index (κ3) is 3.66. The second-order valence-corrected chi connectivity index (χ2v) is 6.97. The molecule has 1 atom stereocenters. The molecule has 6 nitrogen and oxygen atoms in total. The zero-order chi connectivity index (χ0) is 20.4. The molecule has 0 amide bonds. The number of aromatic nitrogens is 2. The van der Waals surface area contributed by atoms with Crippen molar-refractivity contribution < 1.29 is 9.47 Å². The number of nitrogens with zero attached hydrogens (tertiary/aromatic N) is 3. The fourth-order valence-corrected chi connectivity index (χ4v) is 3.42. The predicted molar refractivity (Wildman–Crippen MR) is 118 cm³/mol. The molecule has 3 aromatic rings. The van der Waals surface area contributed by atoms with Crippen molar-refractivity contribution in [1.82, 2.24) is 9.97 Å². The highest BCUT2D eigenvalue weighted by Crippen LogP contribution is 2.36. The second kappa shape index (κ2) is 7.91. The Morgan fingerprint density at radius 1 is 1.03 bits per heavy atom. The van der Waals surface area contributed by atoms with Crippen LogP contribution in [0.25, 0.3) is 27.6 Å². The number of fused-ring (bicyclic) bond motifs is 1. The number of dihydropyridines is 1. The van der Waals surface area contributed by atoms with Crippen LogP contribution < -0.4 is 14.8 Å². The molecule has 1 aliphatic heterocycles. The summed E-state index contributed by atoms with van der Waals surface area (Å²) in [6.07, 6.45) is 4.91. The summed E-state index contributed by atoms with van der Waals surface area (Å²) in [6, 6.07) is 12.2. The summed E-state index contributed by atoms with van der Waals surface area (Å²) < 4.78 is 10.9. The molecule has 0 saturated heterocycles. The van der Waals surface area contributed by atoms with Crippen LogP contribution in [0.15, 0.2) is 47.5 Å². The van der Waals surface area contributed by atoms with Crippen LogP contribution in [-0.2, 0) is 0 Å². The van der Waals surface area contributed by atoms with Crippen molar-refractivity contribution in [1.29, 1.82) is 0 Å². The largest absolute Gasteiger partial charge is 0.497 e. The number of methoxy groups -OCH3 is 2. The highest BCUT2D eigenvalue weighted by molar-refractivity contribution is 6.10. The second-order valence-electron chi connectivity index (χ2n) is 6.97. The molecule has 1 unspecified atom stereocenters. The minimum Gasteiger partial charge on any atom is -0.497 e. The molecule has 2 heterocycles. The lowest BCUT2D eigenvalue weighted by Gasteiger charge is -2.14.